The lowest BCUT2D eigenvalue weighted by molar-refractivity contribution is -0.173. The molecule has 0 saturated heterocycles. The maximum Gasteiger partial charge on any atom is 0.410 e. The van der Waals surface area contributed by atoms with Gasteiger partial charge in [0.05, 0.1) is 6.04 Å². The van der Waals surface area contributed by atoms with Crippen LogP contribution in [-0.2, 0) is 6.42 Å². The van der Waals surface area contributed by atoms with E-state index in [1.807, 2.05) is 19.1 Å². The summed E-state index contributed by atoms with van der Waals surface area (Å²) in [5.74, 6) is -0.388. The normalized spacial score (nSPS) is 18.2. The SMILES string of the molecule is CCc1ccccc1NC(=O)c1cc2n(n1)[C@H](C(F)(F)F)C[C@@H](c1ccc(Br)cc1)N2. The monoisotopic (exact) mass is 492 g/mol. The molecule has 0 saturated carbocycles. The van der Waals surface area contributed by atoms with E-state index in [0.29, 0.717) is 12.1 Å². The van der Waals surface area contributed by atoms with Crippen LogP contribution in [0.4, 0.5) is 24.7 Å². The second kappa shape index (κ2) is 8.37. The van der Waals surface area contributed by atoms with Crippen LogP contribution in [-0.4, -0.2) is 21.9 Å². The number of fused-ring (bicyclic) bond motifs is 1. The first-order valence-electron chi connectivity index (χ1n) is 9.83. The van der Waals surface area contributed by atoms with Crippen molar-refractivity contribution in [1.82, 2.24) is 9.78 Å². The van der Waals surface area contributed by atoms with Crippen molar-refractivity contribution in [1.29, 1.82) is 0 Å². The zero-order chi connectivity index (χ0) is 22.2. The molecule has 1 amide bonds. The van der Waals surface area contributed by atoms with E-state index >= 15 is 0 Å². The van der Waals surface area contributed by atoms with E-state index in [0.717, 1.165) is 20.3 Å². The molecule has 0 unspecified atom stereocenters. The maximum atomic E-state index is 13.8. The van der Waals surface area contributed by atoms with Crippen molar-refractivity contribution in [2.24, 2.45) is 0 Å². The Morgan fingerprint density at radius 2 is 1.94 bits per heavy atom. The number of anilines is 2. The number of amides is 1. The minimum atomic E-state index is -4.50. The van der Waals surface area contributed by atoms with Gasteiger partial charge in [0.1, 0.15) is 5.82 Å². The second-order valence-corrected chi connectivity index (χ2v) is 8.28. The van der Waals surface area contributed by atoms with Gasteiger partial charge in [0.25, 0.3) is 5.91 Å². The third-order valence-corrected chi connectivity index (χ3v) is 5.87. The molecule has 9 heteroatoms. The Morgan fingerprint density at radius 3 is 2.61 bits per heavy atom. The molecule has 0 radical (unpaired) electrons. The number of alkyl halides is 3. The Bertz CT molecular complexity index is 1090. The first-order chi connectivity index (χ1) is 14.8. The number of nitrogens with zero attached hydrogens (tertiary/aromatic N) is 2. The van der Waals surface area contributed by atoms with E-state index in [9.17, 15) is 18.0 Å². The Labute approximate surface area is 185 Å². The molecule has 0 aliphatic carbocycles. The number of carbonyl (C=O) groups is 1. The van der Waals surface area contributed by atoms with Crippen molar-refractivity contribution < 1.29 is 18.0 Å². The molecule has 0 bridgehead atoms. The highest BCUT2D eigenvalue weighted by Gasteiger charge is 2.46. The zero-order valence-corrected chi connectivity index (χ0v) is 18.2. The van der Waals surface area contributed by atoms with E-state index in [1.54, 1.807) is 36.4 Å². The lowest BCUT2D eigenvalue weighted by Crippen LogP contribution is -2.35. The maximum absolute atomic E-state index is 13.8. The number of para-hydroxylation sites is 1. The Morgan fingerprint density at radius 1 is 1.23 bits per heavy atom. The molecule has 31 heavy (non-hydrogen) atoms. The van der Waals surface area contributed by atoms with E-state index in [2.05, 4.69) is 31.7 Å². The Kier molecular flexibility index (Phi) is 5.79. The van der Waals surface area contributed by atoms with Crippen molar-refractivity contribution in [3.8, 4) is 0 Å². The zero-order valence-electron chi connectivity index (χ0n) is 16.6. The van der Waals surface area contributed by atoms with Crippen LogP contribution in [0.15, 0.2) is 59.1 Å². The molecule has 1 aromatic heterocycles. The summed E-state index contributed by atoms with van der Waals surface area (Å²) >= 11 is 3.34. The third kappa shape index (κ3) is 4.46. The number of hydrogen-bond acceptors (Lipinski definition) is 3. The first-order valence-corrected chi connectivity index (χ1v) is 10.6. The molecule has 0 spiro atoms. The first kappa shape index (κ1) is 21.4. The van der Waals surface area contributed by atoms with Crippen molar-refractivity contribution in [3.63, 3.8) is 0 Å². The number of rotatable bonds is 4. The summed E-state index contributed by atoms with van der Waals surface area (Å²) in [6.07, 6.45) is -4.01. The van der Waals surface area contributed by atoms with Crippen LogP contribution < -0.4 is 10.6 Å². The molecule has 2 atom stereocenters. The molecule has 1 aliphatic heterocycles. The standard InChI is InChI=1S/C22H20BrF3N4O/c1-2-13-5-3-4-6-16(13)28-21(31)18-12-20-27-17(14-7-9-15(23)10-8-14)11-19(22(24,25)26)30(20)29-18/h3-10,12,17,19,27H,2,11H2,1H3,(H,28,31)/t17-,19-/m0/s1. The Balaban J connectivity index is 1.64. The van der Waals surface area contributed by atoms with Crippen LogP contribution in [0.2, 0.25) is 0 Å². The van der Waals surface area contributed by atoms with E-state index in [-0.39, 0.29) is 17.9 Å². The number of hydrogen-bond donors (Lipinski definition) is 2. The molecular formula is C22H20BrF3N4O. The Hall–Kier alpha value is -2.81. The summed E-state index contributed by atoms with van der Waals surface area (Å²) in [5, 5.41) is 9.87. The third-order valence-electron chi connectivity index (χ3n) is 5.34. The highest BCUT2D eigenvalue weighted by molar-refractivity contribution is 9.10. The molecular weight excluding hydrogens is 473 g/mol. The number of halogens is 4. The predicted octanol–water partition coefficient (Wildman–Crippen LogP) is 6.12. The second-order valence-electron chi connectivity index (χ2n) is 7.37. The highest BCUT2D eigenvalue weighted by Crippen LogP contribution is 2.43. The summed E-state index contributed by atoms with van der Waals surface area (Å²) in [5.41, 5.74) is 2.21. The van der Waals surface area contributed by atoms with Crippen LogP contribution in [0.25, 0.3) is 0 Å². The molecule has 4 rings (SSSR count). The molecule has 162 valence electrons. The summed E-state index contributed by atoms with van der Waals surface area (Å²) in [7, 11) is 0. The van der Waals surface area contributed by atoms with Gasteiger partial charge in [-0.2, -0.15) is 18.3 Å². The van der Waals surface area contributed by atoms with Gasteiger partial charge < -0.3 is 10.6 Å². The fraction of sp³-hybridized carbons (Fsp3) is 0.273. The number of aryl methyl sites for hydroxylation is 1. The van der Waals surface area contributed by atoms with Crippen LogP contribution in [0.5, 0.6) is 0 Å². The van der Waals surface area contributed by atoms with Crippen molar-refractivity contribution in [2.75, 3.05) is 10.6 Å². The van der Waals surface area contributed by atoms with Crippen molar-refractivity contribution in [3.05, 3.63) is 75.9 Å². The summed E-state index contributed by atoms with van der Waals surface area (Å²) in [6.45, 7) is 1.96. The topological polar surface area (TPSA) is 59.0 Å². The number of nitrogens with one attached hydrogen (secondary N) is 2. The van der Waals surface area contributed by atoms with Gasteiger partial charge in [-0.3, -0.25) is 4.79 Å². The summed E-state index contributed by atoms with van der Waals surface area (Å²) in [4.78, 5) is 12.7. The van der Waals surface area contributed by atoms with Gasteiger partial charge in [0.2, 0.25) is 0 Å². The average molecular weight is 493 g/mol. The van der Waals surface area contributed by atoms with E-state index in [4.69, 9.17) is 0 Å². The predicted molar refractivity (Wildman–Crippen MR) is 116 cm³/mol. The summed E-state index contributed by atoms with van der Waals surface area (Å²) < 4.78 is 43.2. The van der Waals surface area contributed by atoms with Gasteiger partial charge in [-0.1, -0.05) is 53.2 Å². The minimum absolute atomic E-state index is 0.0703. The number of benzene rings is 2. The van der Waals surface area contributed by atoms with Crippen molar-refractivity contribution >= 4 is 33.3 Å². The number of aromatic nitrogens is 2. The minimum Gasteiger partial charge on any atom is -0.363 e. The van der Waals surface area contributed by atoms with E-state index < -0.39 is 24.2 Å². The average Bonchev–Trinajstić information content (AvgIpc) is 3.17. The molecule has 0 fully saturated rings. The summed E-state index contributed by atoms with van der Waals surface area (Å²) in [6, 6.07) is 13.4. The molecule has 2 N–H and O–H groups in total. The van der Waals surface area contributed by atoms with Crippen LogP contribution in [0.1, 0.15) is 47.0 Å². The largest absolute Gasteiger partial charge is 0.410 e. The van der Waals surface area contributed by atoms with E-state index in [1.165, 1.54) is 6.07 Å². The fourth-order valence-corrected chi connectivity index (χ4v) is 4.00. The lowest BCUT2D eigenvalue weighted by atomic mass is 9.97. The molecule has 1 aliphatic rings. The molecule has 2 aromatic carbocycles. The van der Waals surface area contributed by atoms with Gasteiger partial charge in [-0.05, 0) is 35.7 Å². The van der Waals surface area contributed by atoms with Crippen LogP contribution in [0.3, 0.4) is 0 Å². The molecule has 2 heterocycles. The molecule has 3 aromatic rings. The highest BCUT2D eigenvalue weighted by atomic mass is 79.9. The van der Waals surface area contributed by atoms with Crippen LogP contribution >= 0.6 is 15.9 Å². The van der Waals surface area contributed by atoms with Gasteiger partial charge >= 0.3 is 6.18 Å². The number of carbonyl (C=O) groups excluding carboxylic acids is 1. The van der Waals surface area contributed by atoms with Gasteiger partial charge in [0.15, 0.2) is 11.7 Å². The quantitative estimate of drug-likeness (QED) is 0.461. The van der Waals surface area contributed by atoms with Gasteiger partial charge in [0, 0.05) is 22.6 Å². The lowest BCUT2D eigenvalue weighted by Gasteiger charge is -2.33. The van der Waals surface area contributed by atoms with Gasteiger partial charge in [-0.25, -0.2) is 4.68 Å². The van der Waals surface area contributed by atoms with Crippen molar-refractivity contribution in [2.45, 2.75) is 38.0 Å². The van der Waals surface area contributed by atoms with Crippen LogP contribution in [0, 0.1) is 0 Å². The smallest absolute Gasteiger partial charge is 0.363 e. The van der Waals surface area contributed by atoms with Gasteiger partial charge in [-0.15, -0.1) is 0 Å². The molecule has 5 nitrogen and oxygen atoms in total. The fourth-order valence-electron chi connectivity index (χ4n) is 3.74.